The van der Waals surface area contributed by atoms with Gasteiger partial charge in [-0.2, -0.15) is 14.6 Å². The Hall–Kier alpha value is -2.24. The Bertz CT molecular complexity index is 844. The average Bonchev–Trinajstić information content (AvgIpc) is 3.05. The topological polar surface area (TPSA) is 81.0 Å². The number of hydrogen-bond acceptors (Lipinski definition) is 8. The summed E-state index contributed by atoms with van der Waals surface area (Å²) in [5.41, 5.74) is 2.03. The molecule has 4 heterocycles. The zero-order valence-corrected chi connectivity index (χ0v) is 16.7. The lowest BCUT2D eigenvalue weighted by Gasteiger charge is -2.56. The van der Waals surface area contributed by atoms with Crippen LogP contribution in [0.4, 0.5) is 16.8 Å². The van der Waals surface area contributed by atoms with Gasteiger partial charge in [0, 0.05) is 24.8 Å². The van der Waals surface area contributed by atoms with Crippen LogP contribution in [0.15, 0.2) is 12.3 Å². The molecule has 0 aliphatic carbocycles. The van der Waals surface area contributed by atoms with Crippen LogP contribution in [0.5, 0.6) is 0 Å². The van der Waals surface area contributed by atoms with Gasteiger partial charge in [-0.15, -0.1) is 0 Å². The van der Waals surface area contributed by atoms with E-state index in [4.69, 9.17) is 4.98 Å². The van der Waals surface area contributed by atoms with Crippen LogP contribution in [0.2, 0.25) is 0 Å². The van der Waals surface area contributed by atoms with Crippen molar-refractivity contribution in [2.45, 2.75) is 45.1 Å². The van der Waals surface area contributed by atoms with Crippen LogP contribution in [-0.4, -0.2) is 51.0 Å². The molecule has 0 aromatic carbocycles. The smallest absolute Gasteiger partial charge is 0.229 e. The Morgan fingerprint density at radius 2 is 2.04 bits per heavy atom. The number of likely N-dealkylation sites (tertiary alicyclic amines) is 1. The van der Waals surface area contributed by atoms with Gasteiger partial charge in [0.05, 0.1) is 23.7 Å². The highest BCUT2D eigenvalue weighted by atomic mass is 32.1. The van der Waals surface area contributed by atoms with Gasteiger partial charge in [0.25, 0.3) is 0 Å². The van der Waals surface area contributed by atoms with Gasteiger partial charge >= 0.3 is 0 Å². The van der Waals surface area contributed by atoms with Crippen molar-refractivity contribution in [2.75, 3.05) is 36.4 Å². The molecule has 0 unspecified atom stereocenters. The summed E-state index contributed by atoms with van der Waals surface area (Å²) >= 11 is 1.41. The van der Waals surface area contributed by atoms with Gasteiger partial charge < -0.3 is 10.2 Å². The van der Waals surface area contributed by atoms with Crippen molar-refractivity contribution >= 4 is 28.3 Å². The van der Waals surface area contributed by atoms with E-state index < -0.39 is 0 Å². The number of aryl methyl sites for hydroxylation is 2. The highest BCUT2D eigenvalue weighted by Crippen LogP contribution is 2.37. The van der Waals surface area contributed by atoms with E-state index in [1.54, 1.807) is 0 Å². The molecule has 2 aliphatic rings. The fourth-order valence-corrected chi connectivity index (χ4v) is 4.75. The van der Waals surface area contributed by atoms with Gasteiger partial charge in [0.15, 0.2) is 0 Å². The Morgan fingerprint density at radius 3 is 2.70 bits per heavy atom. The molecule has 2 saturated heterocycles. The Labute approximate surface area is 164 Å². The van der Waals surface area contributed by atoms with E-state index in [9.17, 15) is 5.26 Å². The molecule has 7 nitrogen and oxygen atoms in total. The summed E-state index contributed by atoms with van der Waals surface area (Å²) in [4.78, 5) is 14.0. The maximum atomic E-state index is 9.38. The summed E-state index contributed by atoms with van der Waals surface area (Å²) in [6, 6.07) is 4.41. The number of piperidine rings is 1. The number of nitriles is 1. The van der Waals surface area contributed by atoms with Gasteiger partial charge in [-0.05, 0) is 57.4 Å². The van der Waals surface area contributed by atoms with Crippen molar-refractivity contribution < 1.29 is 0 Å². The SMILES string of the molecule is Cc1cc(Nc2ncc(C)c(N3CC(CC#N)(N4CCCCC4)C3)n2)sn1. The molecular weight excluding hydrogens is 358 g/mol. The summed E-state index contributed by atoms with van der Waals surface area (Å²) in [6.45, 7) is 7.94. The highest BCUT2D eigenvalue weighted by Gasteiger charge is 2.48. The Morgan fingerprint density at radius 1 is 1.26 bits per heavy atom. The Balaban J connectivity index is 1.50. The molecule has 2 aromatic heterocycles. The summed E-state index contributed by atoms with van der Waals surface area (Å²) in [5.74, 6) is 1.55. The van der Waals surface area contributed by atoms with Crippen molar-refractivity contribution in [2.24, 2.45) is 0 Å². The minimum atomic E-state index is -0.0189. The van der Waals surface area contributed by atoms with Crippen LogP contribution in [-0.2, 0) is 0 Å². The first kappa shape index (κ1) is 18.1. The van der Waals surface area contributed by atoms with Crippen LogP contribution in [0.25, 0.3) is 0 Å². The quantitative estimate of drug-likeness (QED) is 0.849. The Kier molecular flexibility index (Phi) is 4.98. The first-order valence-electron chi connectivity index (χ1n) is 9.51. The molecule has 0 bridgehead atoms. The van der Waals surface area contributed by atoms with E-state index in [-0.39, 0.29) is 5.54 Å². The average molecular weight is 384 g/mol. The van der Waals surface area contributed by atoms with Crippen molar-refractivity contribution in [3.63, 3.8) is 0 Å². The third-order valence-corrected chi connectivity index (χ3v) is 6.31. The first-order chi connectivity index (χ1) is 13.1. The summed E-state index contributed by atoms with van der Waals surface area (Å²) in [6.07, 6.45) is 6.23. The lowest BCUT2D eigenvalue weighted by Crippen LogP contribution is -2.71. The zero-order chi connectivity index (χ0) is 18.9. The van der Waals surface area contributed by atoms with E-state index >= 15 is 0 Å². The van der Waals surface area contributed by atoms with E-state index in [0.717, 1.165) is 48.3 Å². The highest BCUT2D eigenvalue weighted by molar-refractivity contribution is 7.10. The lowest BCUT2D eigenvalue weighted by molar-refractivity contribution is 0.0438. The first-order valence-corrected chi connectivity index (χ1v) is 10.3. The minimum Gasteiger partial charge on any atom is -0.352 e. The van der Waals surface area contributed by atoms with Crippen molar-refractivity contribution in [1.29, 1.82) is 5.26 Å². The number of nitrogens with zero attached hydrogens (tertiary/aromatic N) is 6. The molecule has 2 fully saturated rings. The summed E-state index contributed by atoms with van der Waals surface area (Å²) in [5, 5.41) is 13.6. The minimum absolute atomic E-state index is 0.0189. The van der Waals surface area contributed by atoms with Crippen LogP contribution in [0.1, 0.15) is 36.9 Å². The van der Waals surface area contributed by atoms with Crippen LogP contribution < -0.4 is 10.2 Å². The molecule has 0 radical (unpaired) electrons. The summed E-state index contributed by atoms with van der Waals surface area (Å²) < 4.78 is 4.28. The van der Waals surface area contributed by atoms with Gasteiger partial charge in [0.2, 0.25) is 5.95 Å². The second-order valence-electron chi connectivity index (χ2n) is 7.62. The molecule has 0 amide bonds. The predicted molar refractivity (Wildman–Crippen MR) is 108 cm³/mol. The number of rotatable bonds is 5. The van der Waals surface area contributed by atoms with Crippen LogP contribution in [0, 0.1) is 25.2 Å². The fraction of sp³-hybridized carbons (Fsp3) is 0.579. The van der Waals surface area contributed by atoms with E-state index in [0.29, 0.717) is 12.4 Å². The normalized spacial score (nSPS) is 19.4. The predicted octanol–water partition coefficient (Wildman–Crippen LogP) is 3.25. The second kappa shape index (κ2) is 7.41. The third-order valence-electron chi connectivity index (χ3n) is 5.51. The van der Waals surface area contributed by atoms with Crippen LogP contribution in [0.3, 0.4) is 0 Å². The monoisotopic (exact) mass is 383 g/mol. The van der Waals surface area contributed by atoms with E-state index in [1.807, 2.05) is 26.1 Å². The maximum Gasteiger partial charge on any atom is 0.229 e. The number of hydrogen-bond donors (Lipinski definition) is 1. The molecular formula is C19H25N7S. The van der Waals surface area contributed by atoms with Gasteiger partial charge in [-0.25, -0.2) is 4.98 Å². The molecule has 2 aromatic rings. The van der Waals surface area contributed by atoms with Crippen molar-refractivity contribution in [3.05, 3.63) is 23.5 Å². The van der Waals surface area contributed by atoms with E-state index in [2.05, 4.69) is 30.5 Å². The molecule has 0 saturated carbocycles. The van der Waals surface area contributed by atoms with Gasteiger partial charge in [-0.1, -0.05) is 6.42 Å². The van der Waals surface area contributed by atoms with Crippen molar-refractivity contribution in [3.8, 4) is 6.07 Å². The summed E-state index contributed by atoms with van der Waals surface area (Å²) in [7, 11) is 0. The molecule has 4 rings (SSSR count). The molecule has 1 N–H and O–H groups in total. The molecule has 0 spiro atoms. The largest absolute Gasteiger partial charge is 0.352 e. The molecule has 142 valence electrons. The number of anilines is 3. The number of nitrogens with one attached hydrogen (secondary N) is 1. The van der Waals surface area contributed by atoms with Gasteiger partial charge in [0.1, 0.15) is 10.8 Å². The van der Waals surface area contributed by atoms with Crippen molar-refractivity contribution in [1.82, 2.24) is 19.2 Å². The number of aromatic nitrogens is 3. The zero-order valence-electron chi connectivity index (χ0n) is 15.9. The lowest BCUT2D eigenvalue weighted by atomic mass is 9.83. The fourth-order valence-electron chi connectivity index (χ4n) is 4.10. The van der Waals surface area contributed by atoms with Crippen LogP contribution >= 0.6 is 11.5 Å². The maximum absolute atomic E-state index is 9.38. The molecule has 2 aliphatic heterocycles. The third kappa shape index (κ3) is 3.62. The molecule has 8 heteroatoms. The standard InChI is InChI=1S/C19H25N7S/c1-14-11-21-18(22-16-10-15(2)24-27-16)23-17(14)25-12-19(13-25,6-7-20)26-8-4-3-5-9-26/h10-11H,3-6,8-9,12-13H2,1-2H3,(H,21,22,23). The molecule has 27 heavy (non-hydrogen) atoms. The van der Waals surface area contributed by atoms with Gasteiger partial charge in [-0.3, -0.25) is 4.90 Å². The molecule has 0 atom stereocenters. The van der Waals surface area contributed by atoms with E-state index in [1.165, 1.54) is 30.8 Å². The second-order valence-corrected chi connectivity index (χ2v) is 8.43.